The molecule has 35 heavy (non-hydrogen) atoms. The second-order valence-corrected chi connectivity index (χ2v) is 8.82. The van der Waals surface area contributed by atoms with Gasteiger partial charge >= 0.3 is 0 Å². The van der Waals surface area contributed by atoms with Gasteiger partial charge in [0.25, 0.3) is 11.6 Å². The summed E-state index contributed by atoms with van der Waals surface area (Å²) in [6.45, 7) is 0. The molecular formula is C23H16Cl2N6O3S. The molecule has 176 valence electrons. The van der Waals surface area contributed by atoms with Crippen molar-refractivity contribution in [3.63, 3.8) is 0 Å². The van der Waals surface area contributed by atoms with Crippen LogP contribution in [-0.4, -0.2) is 37.6 Å². The summed E-state index contributed by atoms with van der Waals surface area (Å²) in [5, 5.41) is 24.6. The normalized spacial score (nSPS) is 11.0. The minimum Gasteiger partial charge on any atom is -0.272 e. The van der Waals surface area contributed by atoms with E-state index in [2.05, 4.69) is 20.7 Å². The van der Waals surface area contributed by atoms with Gasteiger partial charge < -0.3 is 0 Å². The summed E-state index contributed by atoms with van der Waals surface area (Å²) in [6.07, 6.45) is 1.30. The fourth-order valence-electron chi connectivity index (χ4n) is 3.05. The molecule has 0 unspecified atom stereocenters. The van der Waals surface area contributed by atoms with E-state index in [9.17, 15) is 14.9 Å². The Bertz CT molecular complexity index is 1390. The maximum atomic E-state index is 12.4. The number of benzene rings is 3. The van der Waals surface area contributed by atoms with Gasteiger partial charge in [0.15, 0.2) is 11.0 Å². The third kappa shape index (κ3) is 6.04. The van der Waals surface area contributed by atoms with Crippen LogP contribution in [0.15, 0.2) is 83.1 Å². The molecule has 1 heterocycles. The van der Waals surface area contributed by atoms with Crippen LogP contribution in [0.5, 0.6) is 0 Å². The van der Waals surface area contributed by atoms with Crippen molar-refractivity contribution in [1.29, 1.82) is 0 Å². The Labute approximate surface area is 213 Å². The van der Waals surface area contributed by atoms with Gasteiger partial charge in [0.2, 0.25) is 0 Å². The number of aromatic nitrogens is 3. The zero-order valence-corrected chi connectivity index (χ0v) is 20.2. The summed E-state index contributed by atoms with van der Waals surface area (Å²) in [5.41, 5.74) is 4.24. The SMILES string of the molecule is O=C(CSc1nnc(-c2ccccc2)n1-c1ccc(Cl)cc1)N/N=C\c1ccc(Cl)c([N+](=O)[O-])c1. The number of thioether (sulfide) groups is 1. The third-order valence-electron chi connectivity index (χ3n) is 4.65. The molecule has 0 aliphatic heterocycles. The highest BCUT2D eigenvalue weighted by atomic mass is 35.5. The summed E-state index contributed by atoms with van der Waals surface area (Å²) in [4.78, 5) is 22.8. The van der Waals surface area contributed by atoms with Crippen molar-refractivity contribution in [1.82, 2.24) is 20.2 Å². The van der Waals surface area contributed by atoms with Crippen LogP contribution in [0.1, 0.15) is 5.56 Å². The summed E-state index contributed by atoms with van der Waals surface area (Å²) < 4.78 is 1.85. The monoisotopic (exact) mass is 526 g/mol. The molecule has 0 atom stereocenters. The van der Waals surface area contributed by atoms with Crippen molar-refractivity contribution in [2.45, 2.75) is 5.16 Å². The lowest BCUT2D eigenvalue weighted by molar-refractivity contribution is -0.384. The van der Waals surface area contributed by atoms with Gasteiger partial charge in [-0.25, -0.2) is 5.43 Å². The highest BCUT2D eigenvalue weighted by Crippen LogP contribution is 2.28. The Kier molecular flexibility index (Phi) is 7.76. The molecule has 0 saturated heterocycles. The van der Waals surface area contributed by atoms with Crippen molar-refractivity contribution >= 4 is 52.8 Å². The number of nitrogens with zero attached hydrogens (tertiary/aromatic N) is 5. The number of nitro benzene ring substituents is 1. The van der Waals surface area contributed by atoms with Crippen molar-refractivity contribution in [2.75, 3.05) is 5.75 Å². The third-order valence-corrected chi connectivity index (χ3v) is 6.15. The Hall–Kier alpha value is -3.73. The molecule has 0 radical (unpaired) electrons. The quantitative estimate of drug-likeness (QED) is 0.142. The smallest absolute Gasteiger partial charge is 0.272 e. The molecule has 1 amide bonds. The van der Waals surface area contributed by atoms with E-state index >= 15 is 0 Å². The van der Waals surface area contributed by atoms with Crippen molar-refractivity contribution < 1.29 is 9.72 Å². The Morgan fingerprint density at radius 2 is 1.83 bits per heavy atom. The average molecular weight is 527 g/mol. The first kappa shape index (κ1) is 24.4. The van der Waals surface area contributed by atoms with E-state index in [-0.39, 0.29) is 22.4 Å². The zero-order valence-electron chi connectivity index (χ0n) is 17.8. The first-order valence-corrected chi connectivity index (χ1v) is 11.8. The number of nitro groups is 1. The Morgan fingerprint density at radius 3 is 2.54 bits per heavy atom. The van der Waals surface area contributed by atoms with E-state index in [1.54, 1.807) is 18.2 Å². The predicted octanol–water partition coefficient (Wildman–Crippen LogP) is 5.39. The number of carbonyl (C=O) groups is 1. The minimum atomic E-state index is -0.588. The van der Waals surface area contributed by atoms with Crippen LogP contribution in [0.25, 0.3) is 17.1 Å². The van der Waals surface area contributed by atoms with Gasteiger partial charge in [-0.05, 0) is 30.3 Å². The van der Waals surface area contributed by atoms with Crippen LogP contribution in [0, 0.1) is 10.1 Å². The van der Waals surface area contributed by atoms with Crippen LogP contribution in [0.3, 0.4) is 0 Å². The summed E-state index contributed by atoms with van der Waals surface area (Å²) in [5.74, 6) is 0.248. The topological polar surface area (TPSA) is 115 Å². The first-order valence-electron chi connectivity index (χ1n) is 10.1. The van der Waals surface area contributed by atoms with Gasteiger partial charge in [-0.2, -0.15) is 5.10 Å². The van der Waals surface area contributed by atoms with E-state index < -0.39 is 4.92 Å². The fraction of sp³-hybridized carbons (Fsp3) is 0.0435. The van der Waals surface area contributed by atoms with Gasteiger partial charge in [0, 0.05) is 27.9 Å². The van der Waals surface area contributed by atoms with E-state index in [1.165, 1.54) is 30.1 Å². The lowest BCUT2D eigenvalue weighted by Crippen LogP contribution is -2.20. The van der Waals surface area contributed by atoms with E-state index in [0.29, 0.717) is 21.6 Å². The number of hydrogen-bond donors (Lipinski definition) is 1. The standard InChI is InChI=1S/C23H16Cl2N6O3S/c24-17-7-9-18(10-8-17)30-22(16-4-2-1-3-5-16)28-29-23(30)35-14-21(32)27-26-13-15-6-11-19(25)20(12-15)31(33)34/h1-13H,14H2,(H,27,32)/b26-13-. The minimum absolute atomic E-state index is 0.0125. The molecule has 4 rings (SSSR count). The van der Waals surface area contributed by atoms with Crippen LogP contribution in [0.4, 0.5) is 5.69 Å². The second-order valence-electron chi connectivity index (χ2n) is 7.03. The molecule has 1 aromatic heterocycles. The van der Waals surface area contributed by atoms with E-state index in [0.717, 1.165) is 11.3 Å². The number of nitrogens with one attached hydrogen (secondary N) is 1. The molecule has 0 bridgehead atoms. The van der Waals surface area contributed by atoms with Gasteiger partial charge in [-0.15, -0.1) is 10.2 Å². The zero-order chi connectivity index (χ0) is 24.8. The van der Waals surface area contributed by atoms with Crippen LogP contribution in [-0.2, 0) is 4.79 Å². The highest BCUT2D eigenvalue weighted by molar-refractivity contribution is 7.99. The molecule has 12 heteroatoms. The molecule has 0 fully saturated rings. The van der Waals surface area contributed by atoms with Crippen LogP contribution in [0.2, 0.25) is 10.0 Å². The maximum Gasteiger partial charge on any atom is 0.288 e. The molecule has 0 spiro atoms. The summed E-state index contributed by atoms with van der Waals surface area (Å²) >= 11 is 13.0. The van der Waals surface area contributed by atoms with Crippen molar-refractivity contribution in [3.8, 4) is 17.1 Å². The number of halogens is 2. The van der Waals surface area contributed by atoms with E-state index in [4.69, 9.17) is 23.2 Å². The second kappa shape index (κ2) is 11.1. The molecule has 1 N–H and O–H groups in total. The van der Waals surface area contributed by atoms with Crippen LogP contribution >= 0.6 is 35.0 Å². The fourth-order valence-corrected chi connectivity index (χ4v) is 4.11. The first-order chi connectivity index (χ1) is 16.9. The number of amides is 1. The summed E-state index contributed by atoms with van der Waals surface area (Å²) in [6, 6.07) is 21.0. The highest BCUT2D eigenvalue weighted by Gasteiger charge is 2.17. The lowest BCUT2D eigenvalue weighted by Gasteiger charge is -2.10. The molecule has 0 aliphatic rings. The molecule has 9 nitrogen and oxygen atoms in total. The molecule has 0 saturated carbocycles. The number of hydrazone groups is 1. The number of rotatable bonds is 8. The van der Waals surface area contributed by atoms with Crippen LogP contribution < -0.4 is 5.43 Å². The lowest BCUT2D eigenvalue weighted by atomic mass is 10.2. The molecule has 0 aliphatic carbocycles. The van der Waals surface area contributed by atoms with Gasteiger partial charge in [0.05, 0.1) is 16.9 Å². The molecule has 3 aromatic carbocycles. The Balaban J connectivity index is 1.48. The van der Waals surface area contributed by atoms with E-state index in [1.807, 2.05) is 47.0 Å². The average Bonchev–Trinajstić information content (AvgIpc) is 3.28. The Morgan fingerprint density at radius 1 is 1.09 bits per heavy atom. The summed E-state index contributed by atoms with van der Waals surface area (Å²) in [7, 11) is 0. The maximum absolute atomic E-state index is 12.4. The predicted molar refractivity (Wildman–Crippen MR) is 136 cm³/mol. The van der Waals surface area contributed by atoms with Crippen molar-refractivity contribution in [2.24, 2.45) is 5.10 Å². The largest absolute Gasteiger partial charge is 0.288 e. The van der Waals surface area contributed by atoms with Crippen molar-refractivity contribution in [3.05, 3.63) is 98.5 Å². The van der Waals surface area contributed by atoms with Gasteiger partial charge in [-0.1, -0.05) is 71.4 Å². The molecule has 4 aromatic rings. The number of carbonyl (C=O) groups excluding carboxylic acids is 1. The molecular weight excluding hydrogens is 511 g/mol. The number of hydrogen-bond acceptors (Lipinski definition) is 7. The van der Waals surface area contributed by atoms with Gasteiger partial charge in [0.1, 0.15) is 5.02 Å². The van der Waals surface area contributed by atoms with Gasteiger partial charge in [-0.3, -0.25) is 19.5 Å².